The Morgan fingerprint density at radius 3 is 2.25 bits per heavy atom. The van der Waals surface area contributed by atoms with Gasteiger partial charge in [0.1, 0.15) is 0 Å². The second-order valence-corrected chi connectivity index (χ2v) is 5.56. The van der Waals surface area contributed by atoms with E-state index < -0.39 is 0 Å². The molecule has 0 atom stereocenters. The summed E-state index contributed by atoms with van der Waals surface area (Å²) < 4.78 is 0. The highest BCUT2D eigenvalue weighted by Gasteiger charge is 1.92. The minimum Gasteiger partial charge on any atom is -0.319 e. The third-order valence-corrected chi connectivity index (χ3v) is 3.66. The van der Waals surface area contributed by atoms with Gasteiger partial charge in [-0.05, 0) is 7.05 Å². The number of nitrogens with one attached hydrogen (secondary N) is 2. The molecule has 78 valence electrons. The van der Waals surface area contributed by atoms with E-state index in [1.807, 2.05) is 28.6 Å². The van der Waals surface area contributed by atoms with Gasteiger partial charge >= 0.3 is 0 Å². The molecule has 2 N–H and O–H groups in total. The summed E-state index contributed by atoms with van der Waals surface area (Å²) in [6, 6.07) is 0.618. The van der Waals surface area contributed by atoms with Crippen LogP contribution in [0.3, 0.4) is 0 Å². The topological polar surface area (TPSA) is 24.1 Å². The molecular formula is C8H24N2S2. The Bertz CT molecular complexity index is 97.4. The minimum atomic E-state index is 0. The molecule has 0 aromatic carbocycles. The van der Waals surface area contributed by atoms with Crippen LogP contribution < -0.4 is 10.6 Å². The van der Waals surface area contributed by atoms with Gasteiger partial charge in [-0.1, -0.05) is 35.4 Å². The normalized spacial score (nSPS) is 11.0. The van der Waals surface area contributed by atoms with Crippen LogP contribution in [0.5, 0.6) is 0 Å². The van der Waals surface area contributed by atoms with E-state index in [1.165, 1.54) is 11.5 Å². The molecule has 2 nitrogen and oxygen atoms in total. The summed E-state index contributed by atoms with van der Waals surface area (Å²) in [4.78, 5) is 0. The van der Waals surface area contributed by atoms with E-state index in [-0.39, 0.29) is 2.85 Å². The van der Waals surface area contributed by atoms with Crippen molar-refractivity contribution in [1.29, 1.82) is 0 Å². The predicted molar refractivity (Wildman–Crippen MR) is 66.2 cm³/mol. The fourth-order valence-corrected chi connectivity index (χ4v) is 2.58. The van der Waals surface area contributed by atoms with Crippen LogP contribution in [0.15, 0.2) is 0 Å². The molecule has 0 fully saturated rings. The van der Waals surface area contributed by atoms with Gasteiger partial charge in [0.15, 0.2) is 0 Å². The van der Waals surface area contributed by atoms with Gasteiger partial charge in [0.2, 0.25) is 0 Å². The first-order chi connectivity index (χ1) is 5.77. The maximum absolute atomic E-state index is 3.39. The fourth-order valence-electron chi connectivity index (χ4n) is 0.651. The predicted octanol–water partition coefficient (Wildman–Crippen LogP) is 2.08. The molecule has 0 aliphatic rings. The SMILES string of the molecule is CNCCSSCCNC(C)C.[HH].[HH]. The van der Waals surface area contributed by atoms with E-state index in [0.29, 0.717) is 6.04 Å². The van der Waals surface area contributed by atoms with E-state index >= 15 is 0 Å². The lowest BCUT2D eigenvalue weighted by molar-refractivity contribution is 0.616. The van der Waals surface area contributed by atoms with Crippen LogP contribution >= 0.6 is 21.6 Å². The van der Waals surface area contributed by atoms with Crippen molar-refractivity contribution in [2.75, 3.05) is 31.6 Å². The minimum absolute atomic E-state index is 0. The highest BCUT2D eigenvalue weighted by atomic mass is 33.1. The standard InChI is InChI=1S/C8H20N2S2.2H2/c1-8(2)10-5-7-12-11-6-4-9-3;;/h8-10H,4-7H2,1-3H3;2*1H. The van der Waals surface area contributed by atoms with Crippen molar-refractivity contribution in [2.45, 2.75) is 19.9 Å². The Kier molecular flexibility index (Phi) is 10.2. The van der Waals surface area contributed by atoms with E-state index in [2.05, 4.69) is 24.5 Å². The van der Waals surface area contributed by atoms with E-state index in [1.54, 1.807) is 0 Å². The van der Waals surface area contributed by atoms with Gasteiger partial charge in [-0.2, -0.15) is 0 Å². The molecule has 0 saturated carbocycles. The second-order valence-electron chi connectivity index (χ2n) is 2.86. The smallest absolute Gasteiger partial charge is 0.0162 e. The zero-order valence-electron chi connectivity index (χ0n) is 8.22. The number of hydrogen-bond acceptors (Lipinski definition) is 4. The van der Waals surface area contributed by atoms with Gasteiger partial charge in [-0.25, -0.2) is 0 Å². The van der Waals surface area contributed by atoms with Crippen molar-refractivity contribution in [3.05, 3.63) is 0 Å². The van der Waals surface area contributed by atoms with Crippen LogP contribution in [0, 0.1) is 0 Å². The van der Waals surface area contributed by atoms with Crippen molar-refractivity contribution in [1.82, 2.24) is 10.6 Å². The summed E-state index contributed by atoms with van der Waals surface area (Å²) >= 11 is 0. The molecule has 0 rings (SSSR count). The largest absolute Gasteiger partial charge is 0.319 e. The summed E-state index contributed by atoms with van der Waals surface area (Å²) in [7, 11) is 5.88. The first-order valence-corrected chi connectivity index (χ1v) is 6.88. The van der Waals surface area contributed by atoms with Crippen LogP contribution in [0.25, 0.3) is 0 Å². The molecule has 0 aromatic rings. The lowest BCUT2D eigenvalue weighted by Crippen LogP contribution is -2.24. The van der Waals surface area contributed by atoms with Crippen molar-refractivity contribution in [2.24, 2.45) is 0 Å². The molecule has 0 aliphatic carbocycles. The average molecular weight is 212 g/mol. The third-order valence-electron chi connectivity index (χ3n) is 1.26. The van der Waals surface area contributed by atoms with Gasteiger partial charge in [0.05, 0.1) is 0 Å². The van der Waals surface area contributed by atoms with Gasteiger partial charge in [-0.3, -0.25) is 0 Å². The molecule has 4 heteroatoms. The van der Waals surface area contributed by atoms with Gasteiger partial charge < -0.3 is 10.6 Å². The zero-order chi connectivity index (χ0) is 9.23. The lowest BCUT2D eigenvalue weighted by atomic mass is 10.4. The van der Waals surface area contributed by atoms with Gasteiger partial charge in [0.25, 0.3) is 0 Å². The van der Waals surface area contributed by atoms with Gasteiger partial charge in [-0.15, -0.1) is 0 Å². The molecule has 0 saturated heterocycles. The van der Waals surface area contributed by atoms with Crippen LogP contribution in [0.4, 0.5) is 0 Å². The van der Waals surface area contributed by atoms with E-state index in [4.69, 9.17) is 0 Å². The van der Waals surface area contributed by atoms with Crippen LogP contribution in [0.1, 0.15) is 16.7 Å². The molecule has 0 aromatic heterocycles. The zero-order valence-corrected chi connectivity index (χ0v) is 9.86. The molecule has 0 heterocycles. The Morgan fingerprint density at radius 2 is 1.75 bits per heavy atom. The molecule has 0 unspecified atom stereocenters. The first-order valence-electron chi connectivity index (χ1n) is 4.39. The Morgan fingerprint density at radius 1 is 1.17 bits per heavy atom. The van der Waals surface area contributed by atoms with E-state index in [9.17, 15) is 0 Å². The third kappa shape index (κ3) is 10.6. The molecule has 0 aliphatic heterocycles. The van der Waals surface area contributed by atoms with Crippen LogP contribution in [0.2, 0.25) is 0 Å². The van der Waals surface area contributed by atoms with Crippen molar-refractivity contribution >= 4 is 21.6 Å². The summed E-state index contributed by atoms with van der Waals surface area (Å²) in [6.45, 7) is 6.59. The highest BCUT2D eigenvalue weighted by Crippen LogP contribution is 2.19. The molecule has 0 spiro atoms. The highest BCUT2D eigenvalue weighted by molar-refractivity contribution is 8.76. The van der Waals surface area contributed by atoms with Crippen molar-refractivity contribution in [3.8, 4) is 0 Å². The second kappa shape index (κ2) is 9.71. The summed E-state index contributed by atoms with van der Waals surface area (Å²) in [5.74, 6) is 2.40. The number of rotatable bonds is 8. The first kappa shape index (κ1) is 12.6. The Hall–Kier alpha value is 0.620. The summed E-state index contributed by atoms with van der Waals surface area (Å²) in [5.41, 5.74) is 0. The fraction of sp³-hybridized carbons (Fsp3) is 1.00. The average Bonchev–Trinajstić information content (AvgIpc) is 2.02. The van der Waals surface area contributed by atoms with Crippen molar-refractivity contribution in [3.63, 3.8) is 0 Å². The maximum Gasteiger partial charge on any atom is 0.0162 e. The Labute approximate surface area is 87.0 Å². The van der Waals surface area contributed by atoms with Crippen molar-refractivity contribution < 1.29 is 2.85 Å². The Balaban J connectivity index is -0.000000605. The molecule has 0 amide bonds. The number of hydrogen-bond donors (Lipinski definition) is 2. The molecule has 12 heavy (non-hydrogen) atoms. The molecular weight excluding hydrogens is 188 g/mol. The molecule has 0 radical (unpaired) electrons. The van der Waals surface area contributed by atoms with Gasteiger partial charge in [0, 0.05) is 33.5 Å². The summed E-state index contributed by atoms with van der Waals surface area (Å²) in [6.07, 6.45) is 0. The summed E-state index contributed by atoms with van der Waals surface area (Å²) in [5, 5.41) is 6.51. The van der Waals surface area contributed by atoms with E-state index in [0.717, 1.165) is 13.1 Å². The molecule has 0 bridgehead atoms. The van der Waals surface area contributed by atoms with Crippen LogP contribution in [-0.2, 0) is 0 Å². The lowest BCUT2D eigenvalue weighted by Gasteiger charge is -2.06. The quantitative estimate of drug-likeness (QED) is 0.475. The maximum atomic E-state index is 3.39. The monoisotopic (exact) mass is 212 g/mol. The van der Waals surface area contributed by atoms with Crippen LogP contribution in [-0.4, -0.2) is 37.7 Å².